The fraction of sp³-hybridized carbons (Fsp3) is 0.571. The molecule has 0 spiro atoms. The van der Waals surface area contributed by atoms with Gasteiger partial charge in [-0.15, -0.1) is 0 Å². The lowest BCUT2D eigenvalue weighted by atomic mass is 10.1. The second kappa shape index (κ2) is 8.08. The first-order valence-electron chi connectivity index (χ1n) is 6.11. The van der Waals surface area contributed by atoms with E-state index in [4.69, 9.17) is 4.74 Å². The Morgan fingerprint density at radius 3 is 2.67 bits per heavy atom. The molecule has 1 atom stereocenters. The second-order valence-corrected chi connectivity index (χ2v) is 6.68. The molecule has 0 bridgehead atoms. The molecule has 0 radical (unpaired) electrons. The number of aliphatic hydroxyl groups is 1. The van der Waals surface area contributed by atoms with E-state index in [2.05, 4.69) is 29.8 Å². The van der Waals surface area contributed by atoms with Gasteiger partial charge in [0.2, 0.25) is 0 Å². The van der Waals surface area contributed by atoms with Crippen LogP contribution in [0.4, 0.5) is 0 Å². The highest BCUT2D eigenvalue weighted by atomic mass is 79.9. The van der Waals surface area contributed by atoms with Crippen LogP contribution in [-0.4, -0.2) is 29.8 Å². The summed E-state index contributed by atoms with van der Waals surface area (Å²) < 4.78 is 6.22. The summed E-state index contributed by atoms with van der Waals surface area (Å²) in [4.78, 5) is 0. The maximum Gasteiger partial charge on any atom is 0.119 e. The zero-order valence-corrected chi connectivity index (χ0v) is 13.6. The minimum Gasteiger partial charge on any atom is -0.497 e. The molecule has 0 saturated heterocycles. The van der Waals surface area contributed by atoms with Crippen molar-refractivity contribution < 1.29 is 9.84 Å². The number of hydrogen-bond acceptors (Lipinski definition) is 3. The minimum atomic E-state index is -0.308. The van der Waals surface area contributed by atoms with Crippen LogP contribution in [0.25, 0.3) is 0 Å². The number of benzene rings is 1. The van der Waals surface area contributed by atoms with Crippen molar-refractivity contribution >= 4 is 27.7 Å². The first-order chi connectivity index (χ1) is 8.52. The first kappa shape index (κ1) is 15.9. The number of halogens is 1. The summed E-state index contributed by atoms with van der Waals surface area (Å²) in [6, 6.07) is 5.84. The van der Waals surface area contributed by atoms with Crippen LogP contribution in [0, 0.1) is 5.92 Å². The number of aliphatic hydroxyl groups excluding tert-OH is 1. The van der Waals surface area contributed by atoms with Gasteiger partial charge in [0, 0.05) is 16.6 Å². The van der Waals surface area contributed by atoms with E-state index < -0.39 is 0 Å². The number of rotatable bonds is 7. The van der Waals surface area contributed by atoms with E-state index in [0.717, 1.165) is 27.3 Å². The average molecular weight is 333 g/mol. The summed E-state index contributed by atoms with van der Waals surface area (Å²) in [6.45, 7) is 4.38. The lowest BCUT2D eigenvalue weighted by Crippen LogP contribution is -2.14. The van der Waals surface area contributed by atoms with Crippen LogP contribution in [0.3, 0.4) is 0 Å². The van der Waals surface area contributed by atoms with Gasteiger partial charge in [-0.3, -0.25) is 0 Å². The molecule has 2 nitrogen and oxygen atoms in total. The minimum absolute atomic E-state index is 0.308. The van der Waals surface area contributed by atoms with Gasteiger partial charge >= 0.3 is 0 Å². The molecule has 102 valence electrons. The van der Waals surface area contributed by atoms with Gasteiger partial charge in [0.1, 0.15) is 5.75 Å². The fourth-order valence-corrected chi connectivity index (χ4v) is 2.99. The van der Waals surface area contributed by atoms with Crippen LogP contribution < -0.4 is 4.74 Å². The quantitative estimate of drug-likeness (QED) is 0.824. The van der Waals surface area contributed by atoms with Crippen molar-refractivity contribution in [1.29, 1.82) is 0 Å². The summed E-state index contributed by atoms with van der Waals surface area (Å²) in [5.41, 5.74) is 1.09. The second-order valence-electron chi connectivity index (χ2n) is 4.75. The third-order valence-electron chi connectivity index (χ3n) is 2.47. The molecule has 1 aromatic rings. The predicted octanol–water partition coefficient (Wildman–Crippen LogP) is 3.75. The van der Waals surface area contributed by atoms with Crippen LogP contribution in [0.1, 0.15) is 19.4 Å². The Kier molecular flexibility index (Phi) is 7.12. The molecule has 1 unspecified atom stereocenters. The van der Waals surface area contributed by atoms with Gasteiger partial charge < -0.3 is 9.84 Å². The number of ether oxygens (including phenoxy) is 1. The van der Waals surface area contributed by atoms with E-state index >= 15 is 0 Å². The normalized spacial score (nSPS) is 12.8. The highest BCUT2D eigenvalue weighted by molar-refractivity contribution is 9.10. The van der Waals surface area contributed by atoms with Crippen LogP contribution in [-0.2, 0) is 6.42 Å². The largest absolute Gasteiger partial charge is 0.497 e. The van der Waals surface area contributed by atoms with E-state index in [1.165, 1.54) is 0 Å². The highest BCUT2D eigenvalue weighted by Crippen LogP contribution is 2.24. The molecule has 0 aromatic heterocycles. The van der Waals surface area contributed by atoms with Crippen molar-refractivity contribution in [1.82, 2.24) is 0 Å². The Morgan fingerprint density at radius 2 is 2.06 bits per heavy atom. The lowest BCUT2D eigenvalue weighted by molar-refractivity contribution is 0.200. The van der Waals surface area contributed by atoms with Gasteiger partial charge in [0.25, 0.3) is 0 Å². The predicted molar refractivity (Wildman–Crippen MR) is 82.6 cm³/mol. The molecule has 0 aliphatic rings. The Labute approximate surface area is 122 Å². The molecular formula is C14H21BrO2S. The van der Waals surface area contributed by atoms with Crippen molar-refractivity contribution in [2.75, 3.05) is 18.6 Å². The van der Waals surface area contributed by atoms with Crippen molar-refractivity contribution in [2.24, 2.45) is 5.92 Å². The molecule has 1 aromatic carbocycles. The SMILES string of the molecule is COc1ccc(Br)c(CC(O)CSCC(C)C)c1. The molecule has 0 saturated carbocycles. The maximum atomic E-state index is 10.0. The standard InChI is InChI=1S/C14H21BrO2S/c1-10(2)8-18-9-12(16)6-11-7-13(17-3)4-5-14(11)15/h4-5,7,10,12,16H,6,8-9H2,1-3H3. The first-order valence-corrected chi connectivity index (χ1v) is 8.06. The molecule has 4 heteroatoms. The summed E-state index contributed by atoms with van der Waals surface area (Å²) in [7, 11) is 1.65. The number of methoxy groups -OCH3 is 1. The zero-order valence-electron chi connectivity index (χ0n) is 11.1. The Hall–Kier alpha value is -0.190. The molecule has 0 aliphatic carbocycles. The maximum absolute atomic E-state index is 10.0. The van der Waals surface area contributed by atoms with Gasteiger partial charge in [-0.25, -0.2) is 0 Å². The zero-order chi connectivity index (χ0) is 13.5. The van der Waals surface area contributed by atoms with Gasteiger partial charge in [-0.05, 0) is 35.4 Å². The van der Waals surface area contributed by atoms with E-state index in [-0.39, 0.29) is 6.10 Å². The fourth-order valence-electron chi connectivity index (χ4n) is 1.59. The Morgan fingerprint density at radius 1 is 1.33 bits per heavy atom. The van der Waals surface area contributed by atoms with Crippen molar-refractivity contribution in [3.63, 3.8) is 0 Å². The van der Waals surface area contributed by atoms with Gasteiger partial charge in [0.05, 0.1) is 13.2 Å². The molecular weight excluding hydrogens is 312 g/mol. The van der Waals surface area contributed by atoms with Crippen molar-refractivity contribution in [2.45, 2.75) is 26.4 Å². The summed E-state index contributed by atoms with van der Waals surface area (Å²) in [6.07, 6.45) is 0.347. The molecule has 0 aliphatic heterocycles. The van der Waals surface area contributed by atoms with E-state index in [9.17, 15) is 5.11 Å². The van der Waals surface area contributed by atoms with E-state index in [0.29, 0.717) is 12.3 Å². The molecule has 1 rings (SSSR count). The van der Waals surface area contributed by atoms with Crippen molar-refractivity contribution in [3.8, 4) is 5.75 Å². The molecule has 0 fully saturated rings. The highest BCUT2D eigenvalue weighted by Gasteiger charge is 2.10. The number of hydrogen-bond donors (Lipinski definition) is 1. The molecule has 0 heterocycles. The third kappa shape index (κ3) is 5.63. The van der Waals surface area contributed by atoms with Crippen LogP contribution in [0.2, 0.25) is 0 Å². The monoisotopic (exact) mass is 332 g/mol. The van der Waals surface area contributed by atoms with Gasteiger partial charge in [-0.1, -0.05) is 29.8 Å². The van der Waals surface area contributed by atoms with E-state index in [1.54, 1.807) is 7.11 Å². The molecule has 1 N–H and O–H groups in total. The summed E-state index contributed by atoms with van der Waals surface area (Å²) >= 11 is 5.31. The Bertz CT molecular complexity index is 369. The van der Waals surface area contributed by atoms with Crippen LogP contribution >= 0.6 is 27.7 Å². The summed E-state index contributed by atoms with van der Waals surface area (Å²) in [5, 5.41) is 10.0. The average Bonchev–Trinajstić information content (AvgIpc) is 2.31. The van der Waals surface area contributed by atoms with Crippen LogP contribution in [0.15, 0.2) is 22.7 Å². The number of thioether (sulfide) groups is 1. The third-order valence-corrected chi connectivity index (χ3v) is 4.77. The topological polar surface area (TPSA) is 29.5 Å². The summed E-state index contributed by atoms with van der Waals surface area (Å²) in [5.74, 6) is 3.37. The Balaban J connectivity index is 2.50. The van der Waals surface area contributed by atoms with Gasteiger partial charge in [0.15, 0.2) is 0 Å². The van der Waals surface area contributed by atoms with Crippen molar-refractivity contribution in [3.05, 3.63) is 28.2 Å². The molecule has 18 heavy (non-hydrogen) atoms. The van der Waals surface area contributed by atoms with Crippen LogP contribution in [0.5, 0.6) is 5.75 Å². The molecule has 0 amide bonds. The van der Waals surface area contributed by atoms with Gasteiger partial charge in [-0.2, -0.15) is 11.8 Å². The smallest absolute Gasteiger partial charge is 0.119 e. The van der Waals surface area contributed by atoms with E-state index in [1.807, 2.05) is 30.0 Å². The lowest BCUT2D eigenvalue weighted by Gasteiger charge is -2.13.